The summed E-state index contributed by atoms with van der Waals surface area (Å²) in [4.78, 5) is 5.80. The van der Waals surface area contributed by atoms with E-state index in [4.69, 9.17) is 4.42 Å². The van der Waals surface area contributed by atoms with Gasteiger partial charge in [0, 0.05) is 33.8 Å². The average molecular weight is 395 g/mol. The van der Waals surface area contributed by atoms with E-state index in [9.17, 15) is 0 Å². The van der Waals surface area contributed by atoms with Crippen LogP contribution in [0.4, 0.5) is 0 Å². The smallest absolute Gasteiger partial charge is 0.134 e. The number of rotatable bonds is 4. The summed E-state index contributed by atoms with van der Waals surface area (Å²) in [5.74, 6) is 0.639. The molecule has 0 saturated carbocycles. The summed E-state index contributed by atoms with van der Waals surface area (Å²) in [6.45, 7) is 10.2. The van der Waals surface area contributed by atoms with Crippen molar-refractivity contribution >= 4 is 22.3 Å². The van der Waals surface area contributed by atoms with E-state index >= 15 is 0 Å². The molecule has 1 N–H and O–H groups in total. The highest BCUT2D eigenvalue weighted by Crippen LogP contribution is 2.35. The Morgan fingerprint density at radius 1 is 1.14 bits per heavy atom. The zero-order chi connectivity index (χ0) is 19.1. The molecule has 5 rings (SSSR count). The van der Waals surface area contributed by atoms with E-state index in [1.54, 1.807) is 15.3 Å². The van der Waals surface area contributed by atoms with Gasteiger partial charge in [0.1, 0.15) is 5.58 Å². The van der Waals surface area contributed by atoms with Crippen LogP contribution in [-0.4, -0.2) is 31.1 Å². The Morgan fingerprint density at radius 3 is 2.79 bits per heavy atom. The van der Waals surface area contributed by atoms with Crippen LogP contribution in [0.25, 0.3) is 11.0 Å². The molecule has 0 bridgehead atoms. The van der Waals surface area contributed by atoms with Crippen molar-refractivity contribution < 1.29 is 4.42 Å². The maximum absolute atomic E-state index is 5.89. The van der Waals surface area contributed by atoms with E-state index in [0.717, 1.165) is 18.7 Å². The summed E-state index contributed by atoms with van der Waals surface area (Å²) < 4.78 is 5.89. The second-order valence-electron chi connectivity index (χ2n) is 8.58. The number of aryl methyl sites for hydroxylation is 2. The van der Waals surface area contributed by atoms with Crippen molar-refractivity contribution in [2.75, 3.05) is 26.2 Å². The van der Waals surface area contributed by atoms with E-state index in [1.165, 1.54) is 67.4 Å². The van der Waals surface area contributed by atoms with Crippen LogP contribution in [0.15, 0.2) is 28.9 Å². The van der Waals surface area contributed by atoms with Gasteiger partial charge in [-0.1, -0.05) is 0 Å². The molecule has 0 spiro atoms. The monoisotopic (exact) mass is 394 g/mol. The first kappa shape index (κ1) is 18.4. The number of hydrogen-bond acceptors (Lipinski definition) is 4. The summed E-state index contributed by atoms with van der Waals surface area (Å²) in [6.07, 6.45) is 6.91. The van der Waals surface area contributed by atoms with Crippen molar-refractivity contribution in [2.24, 2.45) is 0 Å². The summed E-state index contributed by atoms with van der Waals surface area (Å²) in [7, 11) is 0. The van der Waals surface area contributed by atoms with Gasteiger partial charge in [-0.05, 0) is 100.0 Å². The SMILES string of the molecule is Cc1cc2occ(C3CCN(CCc4cc5c(s4)CNCC5)CC3)c2cc1C. The molecule has 2 aliphatic rings. The molecule has 3 nitrogen and oxygen atoms in total. The zero-order valence-electron chi connectivity index (χ0n) is 17.0. The van der Waals surface area contributed by atoms with Crippen LogP contribution >= 0.6 is 11.3 Å². The van der Waals surface area contributed by atoms with E-state index in [2.05, 4.69) is 42.3 Å². The van der Waals surface area contributed by atoms with Gasteiger partial charge in [-0.3, -0.25) is 0 Å². The second-order valence-corrected chi connectivity index (χ2v) is 9.80. The highest BCUT2D eigenvalue weighted by atomic mass is 32.1. The number of furan rings is 1. The maximum atomic E-state index is 5.89. The number of nitrogens with zero attached hydrogens (tertiary/aromatic N) is 1. The molecule has 2 aromatic heterocycles. The van der Waals surface area contributed by atoms with Gasteiger partial charge in [0.15, 0.2) is 0 Å². The summed E-state index contributed by atoms with van der Waals surface area (Å²) in [5, 5.41) is 4.82. The van der Waals surface area contributed by atoms with Crippen LogP contribution in [0.3, 0.4) is 0 Å². The zero-order valence-corrected chi connectivity index (χ0v) is 17.8. The molecule has 0 aliphatic carbocycles. The largest absolute Gasteiger partial charge is 0.464 e. The van der Waals surface area contributed by atoms with Crippen LogP contribution in [0.2, 0.25) is 0 Å². The standard InChI is InChI=1S/C24H30N2OS/c1-16-11-21-22(15-27-23(21)12-17(16)2)18-4-8-26(9-5-18)10-6-20-13-19-3-7-25-14-24(19)28-20/h11-13,15,18,25H,3-10,14H2,1-2H3. The minimum absolute atomic E-state index is 0.639. The van der Waals surface area contributed by atoms with Crippen molar-refractivity contribution in [2.45, 2.75) is 52.0 Å². The number of hydrogen-bond donors (Lipinski definition) is 1. The van der Waals surface area contributed by atoms with Crippen LogP contribution in [0.5, 0.6) is 0 Å². The molecule has 4 heteroatoms. The van der Waals surface area contributed by atoms with Crippen molar-refractivity contribution in [3.63, 3.8) is 0 Å². The highest BCUT2D eigenvalue weighted by molar-refractivity contribution is 7.12. The fraction of sp³-hybridized carbons (Fsp3) is 0.500. The lowest BCUT2D eigenvalue weighted by atomic mass is 9.88. The Morgan fingerprint density at radius 2 is 1.96 bits per heavy atom. The minimum Gasteiger partial charge on any atom is -0.464 e. The Labute approximate surface area is 171 Å². The van der Waals surface area contributed by atoms with Crippen molar-refractivity contribution in [3.05, 3.63) is 56.5 Å². The third kappa shape index (κ3) is 3.54. The normalized spacial score (nSPS) is 18.6. The van der Waals surface area contributed by atoms with Gasteiger partial charge in [-0.15, -0.1) is 11.3 Å². The molecule has 1 saturated heterocycles. The Bertz CT molecular complexity index is 955. The summed E-state index contributed by atoms with van der Waals surface area (Å²) in [5.41, 5.74) is 6.75. The first-order valence-corrected chi connectivity index (χ1v) is 11.5. The highest BCUT2D eigenvalue weighted by Gasteiger charge is 2.24. The van der Waals surface area contributed by atoms with Gasteiger partial charge in [-0.25, -0.2) is 0 Å². The Balaban J connectivity index is 1.20. The first-order valence-electron chi connectivity index (χ1n) is 10.7. The van der Waals surface area contributed by atoms with Crippen LogP contribution in [0, 0.1) is 13.8 Å². The molecule has 0 radical (unpaired) electrons. The number of nitrogens with one attached hydrogen (secondary N) is 1. The minimum atomic E-state index is 0.639. The Hall–Kier alpha value is -1.62. The third-order valence-corrected chi connectivity index (χ3v) is 7.96. The van der Waals surface area contributed by atoms with Crippen molar-refractivity contribution in [1.29, 1.82) is 0 Å². The van der Waals surface area contributed by atoms with Crippen LogP contribution in [-0.2, 0) is 19.4 Å². The molecule has 0 amide bonds. The quantitative estimate of drug-likeness (QED) is 0.661. The predicted octanol–water partition coefficient (Wildman–Crippen LogP) is 5.18. The summed E-state index contributed by atoms with van der Waals surface area (Å²) >= 11 is 2.02. The molecule has 2 aliphatic heterocycles. The van der Waals surface area contributed by atoms with Gasteiger partial charge in [0.25, 0.3) is 0 Å². The van der Waals surface area contributed by atoms with Gasteiger partial charge in [0.2, 0.25) is 0 Å². The topological polar surface area (TPSA) is 28.4 Å². The van der Waals surface area contributed by atoms with Crippen LogP contribution in [0.1, 0.15) is 50.8 Å². The van der Waals surface area contributed by atoms with E-state index < -0.39 is 0 Å². The molecule has 0 unspecified atom stereocenters. The number of likely N-dealkylation sites (tertiary alicyclic amines) is 1. The van der Waals surface area contributed by atoms with Crippen molar-refractivity contribution in [1.82, 2.24) is 10.2 Å². The molecule has 28 heavy (non-hydrogen) atoms. The molecular weight excluding hydrogens is 364 g/mol. The van der Waals surface area contributed by atoms with E-state index in [0.29, 0.717) is 5.92 Å². The lowest BCUT2D eigenvalue weighted by Gasteiger charge is -2.31. The van der Waals surface area contributed by atoms with Gasteiger partial charge < -0.3 is 14.6 Å². The van der Waals surface area contributed by atoms with E-state index in [-0.39, 0.29) is 0 Å². The number of benzene rings is 1. The van der Waals surface area contributed by atoms with Crippen LogP contribution < -0.4 is 5.32 Å². The molecule has 1 aromatic carbocycles. The second kappa shape index (κ2) is 7.66. The lowest BCUT2D eigenvalue weighted by molar-refractivity contribution is 0.215. The molecule has 4 heterocycles. The molecule has 148 valence electrons. The lowest BCUT2D eigenvalue weighted by Crippen LogP contribution is -2.34. The number of piperidine rings is 1. The Kier molecular flexibility index (Phi) is 5.04. The summed E-state index contributed by atoms with van der Waals surface area (Å²) in [6, 6.07) is 6.98. The first-order chi connectivity index (χ1) is 13.7. The molecule has 1 fully saturated rings. The van der Waals surface area contributed by atoms with Gasteiger partial charge in [0.05, 0.1) is 6.26 Å². The maximum Gasteiger partial charge on any atom is 0.134 e. The third-order valence-electron chi connectivity index (χ3n) is 6.73. The predicted molar refractivity (Wildman–Crippen MR) is 118 cm³/mol. The number of fused-ring (bicyclic) bond motifs is 2. The van der Waals surface area contributed by atoms with Crippen molar-refractivity contribution in [3.8, 4) is 0 Å². The average Bonchev–Trinajstić information content (AvgIpc) is 3.31. The molecular formula is C24H30N2OS. The fourth-order valence-corrected chi connectivity index (χ4v) is 5.97. The van der Waals surface area contributed by atoms with Gasteiger partial charge >= 0.3 is 0 Å². The number of thiophene rings is 1. The fourth-order valence-electron chi connectivity index (χ4n) is 4.79. The molecule has 0 atom stereocenters. The molecule has 3 aromatic rings. The van der Waals surface area contributed by atoms with Gasteiger partial charge in [-0.2, -0.15) is 0 Å². The van der Waals surface area contributed by atoms with E-state index in [1.807, 2.05) is 17.6 Å².